The van der Waals surface area contributed by atoms with Gasteiger partial charge in [0.15, 0.2) is 0 Å². The van der Waals surface area contributed by atoms with Gasteiger partial charge in [0, 0.05) is 18.2 Å². The Morgan fingerprint density at radius 2 is 2.18 bits per heavy atom. The monoisotopic (exact) mass is 243 g/mol. The molecule has 102 valence electrons. The second kappa shape index (κ2) is 7.34. The van der Waals surface area contributed by atoms with Crippen LogP contribution in [0.3, 0.4) is 0 Å². The van der Waals surface area contributed by atoms with E-state index in [1.807, 2.05) is 0 Å². The molecule has 2 N–H and O–H groups in total. The smallest absolute Gasteiger partial charge is 0.0610 e. The van der Waals surface area contributed by atoms with Gasteiger partial charge < -0.3 is 15.2 Å². The molecule has 3 heteroatoms. The maximum absolute atomic E-state index is 9.45. The quantitative estimate of drug-likeness (QED) is 0.579. The molecule has 0 bridgehead atoms. The molecular formula is C14H29NO2. The predicted molar refractivity (Wildman–Crippen MR) is 71.2 cm³/mol. The van der Waals surface area contributed by atoms with Crippen LogP contribution >= 0.6 is 0 Å². The van der Waals surface area contributed by atoms with Crippen molar-refractivity contribution in [3.63, 3.8) is 0 Å². The molecule has 0 aromatic heterocycles. The molecule has 3 nitrogen and oxygen atoms in total. The Kier molecular flexibility index (Phi) is 6.45. The third kappa shape index (κ3) is 6.39. The van der Waals surface area contributed by atoms with Crippen LogP contribution in [0.2, 0.25) is 0 Å². The van der Waals surface area contributed by atoms with Crippen LogP contribution in [0.1, 0.15) is 59.3 Å². The lowest BCUT2D eigenvalue weighted by Crippen LogP contribution is -2.47. The maximum Gasteiger partial charge on any atom is 0.0610 e. The van der Waals surface area contributed by atoms with Gasteiger partial charge in [0.1, 0.15) is 0 Å². The van der Waals surface area contributed by atoms with Crippen LogP contribution in [-0.4, -0.2) is 36.0 Å². The molecule has 0 aromatic rings. The molecule has 0 saturated heterocycles. The third-order valence-electron chi connectivity index (χ3n) is 3.45. The summed E-state index contributed by atoms with van der Waals surface area (Å²) in [6, 6.07) is 0.645. The normalized spacial score (nSPS) is 21.2. The van der Waals surface area contributed by atoms with Crippen LogP contribution in [0.25, 0.3) is 0 Å². The first kappa shape index (κ1) is 14.9. The molecule has 0 spiro atoms. The largest absolute Gasteiger partial charge is 0.394 e. The Morgan fingerprint density at radius 3 is 2.71 bits per heavy atom. The molecule has 0 aliphatic heterocycles. The summed E-state index contributed by atoms with van der Waals surface area (Å²) in [6.45, 7) is 7.46. The second-order valence-corrected chi connectivity index (χ2v) is 5.71. The van der Waals surface area contributed by atoms with Crippen molar-refractivity contribution < 1.29 is 9.84 Å². The van der Waals surface area contributed by atoms with Gasteiger partial charge in [-0.15, -0.1) is 0 Å². The van der Waals surface area contributed by atoms with Crippen LogP contribution in [0, 0.1) is 0 Å². The van der Waals surface area contributed by atoms with Crippen molar-refractivity contribution in [2.75, 3.05) is 13.2 Å². The van der Waals surface area contributed by atoms with Crippen molar-refractivity contribution in [1.29, 1.82) is 0 Å². The van der Waals surface area contributed by atoms with Gasteiger partial charge in [-0.25, -0.2) is 0 Å². The first-order valence-electron chi connectivity index (χ1n) is 7.10. The second-order valence-electron chi connectivity index (χ2n) is 5.71. The van der Waals surface area contributed by atoms with Gasteiger partial charge in [-0.3, -0.25) is 0 Å². The molecule has 1 saturated carbocycles. The summed E-state index contributed by atoms with van der Waals surface area (Å²) in [5.74, 6) is 0. The summed E-state index contributed by atoms with van der Waals surface area (Å²) in [5.41, 5.74) is -0.113. The molecular weight excluding hydrogens is 214 g/mol. The van der Waals surface area contributed by atoms with E-state index in [0.29, 0.717) is 12.1 Å². The fourth-order valence-electron chi connectivity index (χ4n) is 2.15. The van der Waals surface area contributed by atoms with E-state index in [1.54, 1.807) is 0 Å². The Bertz CT molecular complexity index is 206. The Balaban J connectivity index is 2.09. The summed E-state index contributed by atoms with van der Waals surface area (Å²) in [4.78, 5) is 0. The molecule has 2 unspecified atom stereocenters. The van der Waals surface area contributed by atoms with Crippen molar-refractivity contribution in [2.24, 2.45) is 0 Å². The molecule has 17 heavy (non-hydrogen) atoms. The molecule has 0 amide bonds. The molecule has 0 heterocycles. The SMILES string of the molecule is CCCC(C)OCCCC(C)(CO)NC1CC1. The molecule has 0 aromatic carbocycles. The number of aliphatic hydroxyl groups excluding tert-OH is 1. The first-order valence-corrected chi connectivity index (χ1v) is 7.10. The van der Waals surface area contributed by atoms with E-state index >= 15 is 0 Å². The summed E-state index contributed by atoms with van der Waals surface area (Å²) in [5, 5.41) is 13.0. The molecule has 0 radical (unpaired) electrons. The van der Waals surface area contributed by atoms with E-state index in [1.165, 1.54) is 19.3 Å². The fraction of sp³-hybridized carbons (Fsp3) is 1.00. The lowest BCUT2D eigenvalue weighted by molar-refractivity contribution is 0.0501. The summed E-state index contributed by atoms with van der Waals surface area (Å²) in [6.07, 6.45) is 7.22. The highest BCUT2D eigenvalue weighted by atomic mass is 16.5. The van der Waals surface area contributed by atoms with Crippen LogP contribution in [0.5, 0.6) is 0 Å². The fourth-order valence-corrected chi connectivity index (χ4v) is 2.15. The average molecular weight is 243 g/mol. The number of hydrogen-bond donors (Lipinski definition) is 2. The van der Waals surface area contributed by atoms with Gasteiger partial charge >= 0.3 is 0 Å². The molecule has 1 fully saturated rings. The highest BCUT2D eigenvalue weighted by molar-refractivity contribution is 4.92. The van der Waals surface area contributed by atoms with E-state index < -0.39 is 0 Å². The number of aliphatic hydroxyl groups is 1. The average Bonchev–Trinajstić information content (AvgIpc) is 3.09. The minimum absolute atomic E-state index is 0.113. The Morgan fingerprint density at radius 1 is 1.47 bits per heavy atom. The van der Waals surface area contributed by atoms with Gasteiger partial charge in [-0.2, -0.15) is 0 Å². The van der Waals surface area contributed by atoms with Gasteiger partial charge in [-0.1, -0.05) is 13.3 Å². The zero-order valence-corrected chi connectivity index (χ0v) is 11.7. The van der Waals surface area contributed by atoms with Crippen LogP contribution in [0.4, 0.5) is 0 Å². The number of rotatable bonds is 10. The summed E-state index contributed by atoms with van der Waals surface area (Å²) >= 11 is 0. The lowest BCUT2D eigenvalue weighted by atomic mass is 9.97. The van der Waals surface area contributed by atoms with Gasteiger partial charge in [0.05, 0.1) is 12.7 Å². The summed E-state index contributed by atoms with van der Waals surface area (Å²) < 4.78 is 5.73. The molecule has 1 aliphatic rings. The van der Waals surface area contributed by atoms with Gasteiger partial charge in [0.25, 0.3) is 0 Å². The summed E-state index contributed by atoms with van der Waals surface area (Å²) in [7, 11) is 0. The zero-order valence-electron chi connectivity index (χ0n) is 11.7. The third-order valence-corrected chi connectivity index (χ3v) is 3.45. The van der Waals surface area contributed by atoms with Crippen LogP contribution in [0.15, 0.2) is 0 Å². The van der Waals surface area contributed by atoms with E-state index in [0.717, 1.165) is 25.9 Å². The maximum atomic E-state index is 9.45. The van der Waals surface area contributed by atoms with Crippen molar-refractivity contribution in [3.05, 3.63) is 0 Å². The van der Waals surface area contributed by atoms with E-state index in [-0.39, 0.29) is 12.1 Å². The number of hydrogen-bond acceptors (Lipinski definition) is 3. The lowest BCUT2D eigenvalue weighted by Gasteiger charge is -2.29. The number of nitrogens with one attached hydrogen (secondary N) is 1. The van der Waals surface area contributed by atoms with Crippen molar-refractivity contribution in [1.82, 2.24) is 5.32 Å². The molecule has 2 atom stereocenters. The van der Waals surface area contributed by atoms with Crippen LogP contribution < -0.4 is 5.32 Å². The first-order chi connectivity index (χ1) is 8.09. The van der Waals surface area contributed by atoms with Crippen molar-refractivity contribution in [2.45, 2.75) is 77.0 Å². The topological polar surface area (TPSA) is 41.5 Å². The Hall–Kier alpha value is -0.120. The van der Waals surface area contributed by atoms with Gasteiger partial charge in [0.2, 0.25) is 0 Å². The Labute approximate surface area is 106 Å². The highest BCUT2D eigenvalue weighted by Crippen LogP contribution is 2.24. The standard InChI is InChI=1S/C14H29NO2/c1-4-6-12(2)17-10-5-9-14(3,11-16)15-13-7-8-13/h12-13,15-16H,4-11H2,1-3H3. The number of ether oxygens (including phenoxy) is 1. The predicted octanol–water partition coefficient (Wildman–Crippen LogP) is 2.47. The van der Waals surface area contributed by atoms with E-state index in [2.05, 4.69) is 26.1 Å². The van der Waals surface area contributed by atoms with Gasteiger partial charge in [-0.05, 0) is 46.0 Å². The minimum atomic E-state index is -0.113. The van der Waals surface area contributed by atoms with Crippen molar-refractivity contribution in [3.8, 4) is 0 Å². The van der Waals surface area contributed by atoms with E-state index in [4.69, 9.17) is 4.74 Å². The highest BCUT2D eigenvalue weighted by Gasteiger charge is 2.31. The molecule has 1 rings (SSSR count). The zero-order chi connectivity index (χ0) is 12.7. The van der Waals surface area contributed by atoms with E-state index in [9.17, 15) is 5.11 Å². The van der Waals surface area contributed by atoms with Crippen molar-refractivity contribution >= 4 is 0 Å². The van der Waals surface area contributed by atoms with Crippen LogP contribution in [-0.2, 0) is 4.74 Å². The minimum Gasteiger partial charge on any atom is -0.394 e. The molecule has 1 aliphatic carbocycles.